The quantitative estimate of drug-likeness (QED) is 0.655. The molecule has 7 nitrogen and oxygen atoms in total. The van der Waals surface area contributed by atoms with Gasteiger partial charge in [-0.05, 0) is 65.2 Å². The second kappa shape index (κ2) is 10.1. The van der Waals surface area contributed by atoms with Crippen LogP contribution < -0.4 is 5.32 Å². The van der Waals surface area contributed by atoms with Crippen molar-refractivity contribution in [2.45, 2.75) is 45.2 Å². The lowest BCUT2D eigenvalue weighted by atomic mass is 10.1. The first-order chi connectivity index (χ1) is 14.8. The highest BCUT2D eigenvalue weighted by atomic mass is 16.1. The SMILES string of the molecule is O=C(Cc1ccc(-n2cnnn2)cc1)NCc1ccc(CN2CCCCCC2)cc1. The molecule has 1 N–H and O–H groups in total. The maximum Gasteiger partial charge on any atom is 0.224 e. The standard InChI is InChI=1S/C23H28N6O/c30-23(15-19-9-11-22(12-10-19)29-18-25-26-27-29)24-16-20-5-7-21(8-6-20)17-28-13-3-1-2-4-14-28/h5-12,18H,1-4,13-17H2,(H,24,30). The molecule has 1 fully saturated rings. The average Bonchev–Trinajstić information content (AvgIpc) is 3.19. The molecule has 1 saturated heterocycles. The van der Waals surface area contributed by atoms with E-state index in [1.54, 1.807) is 11.0 Å². The number of hydrogen-bond acceptors (Lipinski definition) is 5. The summed E-state index contributed by atoms with van der Waals surface area (Å²) in [6.07, 6.45) is 7.23. The van der Waals surface area contributed by atoms with E-state index in [-0.39, 0.29) is 5.91 Å². The molecule has 0 aliphatic carbocycles. The smallest absolute Gasteiger partial charge is 0.224 e. The van der Waals surface area contributed by atoms with E-state index in [1.165, 1.54) is 44.3 Å². The van der Waals surface area contributed by atoms with Crippen LogP contribution in [-0.2, 0) is 24.3 Å². The number of amides is 1. The number of nitrogens with one attached hydrogen (secondary N) is 1. The van der Waals surface area contributed by atoms with Gasteiger partial charge >= 0.3 is 0 Å². The summed E-state index contributed by atoms with van der Waals surface area (Å²) in [7, 11) is 0. The fraction of sp³-hybridized carbons (Fsp3) is 0.391. The van der Waals surface area contributed by atoms with Crippen LogP contribution in [0.3, 0.4) is 0 Å². The Kier molecular flexibility index (Phi) is 6.82. The van der Waals surface area contributed by atoms with E-state index < -0.39 is 0 Å². The number of carbonyl (C=O) groups is 1. The largest absolute Gasteiger partial charge is 0.352 e. The van der Waals surface area contributed by atoms with Crippen molar-refractivity contribution in [1.29, 1.82) is 0 Å². The van der Waals surface area contributed by atoms with Crippen LogP contribution in [0, 0.1) is 0 Å². The van der Waals surface area contributed by atoms with Crippen LogP contribution in [0.2, 0.25) is 0 Å². The zero-order chi connectivity index (χ0) is 20.6. The number of hydrogen-bond donors (Lipinski definition) is 1. The topological polar surface area (TPSA) is 75.9 Å². The number of carbonyl (C=O) groups excluding carboxylic acids is 1. The molecule has 0 radical (unpaired) electrons. The number of tetrazole rings is 1. The van der Waals surface area contributed by atoms with Crippen molar-refractivity contribution in [2.24, 2.45) is 0 Å². The summed E-state index contributed by atoms with van der Waals surface area (Å²) < 4.78 is 1.58. The summed E-state index contributed by atoms with van der Waals surface area (Å²) in [5.41, 5.74) is 4.29. The molecule has 1 aromatic heterocycles. The van der Waals surface area contributed by atoms with Crippen LogP contribution in [0.25, 0.3) is 5.69 Å². The summed E-state index contributed by atoms with van der Waals surface area (Å²) in [5, 5.41) is 14.1. The Bertz CT molecular complexity index is 913. The third-order valence-corrected chi connectivity index (χ3v) is 5.53. The van der Waals surface area contributed by atoms with Crippen LogP contribution in [0.1, 0.15) is 42.4 Å². The molecule has 30 heavy (non-hydrogen) atoms. The Morgan fingerprint density at radius 3 is 2.20 bits per heavy atom. The summed E-state index contributed by atoms with van der Waals surface area (Å²) in [5.74, 6) is 0.0128. The normalized spacial score (nSPS) is 14.9. The van der Waals surface area contributed by atoms with Gasteiger partial charge in [-0.25, -0.2) is 4.68 Å². The molecular weight excluding hydrogens is 376 g/mol. The van der Waals surface area contributed by atoms with Crippen molar-refractivity contribution in [3.63, 3.8) is 0 Å². The summed E-state index contributed by atoms with van der Waals surface area (Å²) in [6, 6.07) is 16.3. The molecule has 0 atom stereocenters. The predicted molar refractivity (Wildman–Crippen MR) is 115 cm³/mol. The molecule has 1 aliphatic rings. The van der Waals surface area contributed by atoms with Crippen molar-refractivity contribution in [3.8, 4) is 5.69 Å². The lowest BCUT2D eigenvalue weighted by Gasteiger charge is -2.19. The lowest BCUT2D eigenvalue weighted by Crippen LogP contribution is -2.25. The van der Waals surface area contributed by atoms with Gasteiger partial charge in [-0.1, -0.05) is 49.2 Å². The van der Waals surface area contributed by atoms with E-state index in [0.717, 1.165) is 23.4 Å². The molecule has 2 aromatic carbocycles. The van der Waals surface area contributed by atoms with Crippen molar-refractivity contribution < 1.29 is 4.79 Å². The van der Waals surface area contributed by atoms with E-state index in [9.17, 15) is 4.79 Å². The molecule has 4 rings (SSSR count). The molecule has 7 heteroatoms. The average molecular weight is 405 g/mol. The van der Waals surface area contributed by atoms with Crippen LogP contribution >= 0.6 is 0 Å². The van der Waals surface area contributed by atoms with Gasteiger partial charge in [0.1, 0.15) is 6.33 Å². The number of benzene rings is 2. The minimum atomic E-state index is 0.0128. The Morgan fingerprint density at radius 2 is 1.53 bits per heavy atom. The van der Waals surface area contributed by atoms with Crippen molar-refractivity contribution in [2.75, 3.05) is 13.1 Å². The first-order valence-electron chi connectivity index (χ1n) is 10.7. The van der Waals surface area contributed by atoms with Crippen LogP contribution in [-0.4, -0.2) is 44.1 Å². The second-order valence-corrected chi connectivity index (χ2v) is 7.88. The fourth-order valence-corrected chi connectivity index (χ4v) is 3.81. The first-order valence-corrected chi connectivity index (χ1v) is 10.7. The van der Waals surface area contributed by atoms with Crippen LogP contribution in [0.15, 0.2) is 54.9 Å². The molecule has 0 bridgehead atoms. The Balaban J connectivity index is 1.23. The predicted octanol–water partition coefficient (Wildman–Crippen LogP) is 2.90. The van der Waals surface area contributed by atoms with Gasteiger partial charge < -0.3 is 5.32 Å². The van der Waals surface area contributed by atoms with E-state index in [2.05, 4.69) is 50.0 Å². The molecule has 156 valence electrons. The van der Waals surface area contributed by atoms with Gasteiger partial charge in [0.2, 0.25) is 5.91 Å². The zero-order valence-electron chi connectivity index (χ0n) is 17.2. The molecule has 3 aromatic rings. The minimum absolute atomic E-state index is 0.0128. The highest BCUT2D eigenvalue weighted by Gasteiger charge is 2.09. The van der Waals surface area contributed by atoms with Gasteiger partial charge in [-0.3, -0.25) is 9.69 Å². The molecule has 0 unspecified atom stereocenters. The van der Waals surface area contributed by atoms with E-state index >= 15 is 0 Å². The van der Waals surface area contributed by atoms with E-state index in [1.807, 2.05) is 24.3 Å². The number of aromatic nitrogens is 4. The monoisotopic (exact) mass is 404 g/mol. The maximum absolute atomic E-state index is 12.3. The molecule has 0 saturated carbocycles. The van der Waals surface area contributed by atoms with Crippen molar-refractivity contribution in [1.82, 2.24) is 30.4 Å². The number of rotatable bonds is 7. The zero-order valence-corrected chi connectivity index (χ0v) is 17.2. The van der Waals surface area contributed by atoms with Gasteiger partial charge in [-0.15, -0.1) is 5.10 Å². The van der Waals surface area contributed by atoms with Gasteiger partial charge in [0.05, 0.1) is 12.1 Å². The number of nitrogens with zero attached hydrogens (tertiary/aromatic N) is 5. The summed E-state index contributed by atoms with van der Waals surface area (Å²) >= 11 is 0. The second-order valence-electron chi connectivity index (χ2n) is 7.88. The third-order valence-electron chi connectivity index (χ3n) is 5.53. The highest BCUT2D eigenvalue weighted by Crippen LogP contribution is 2.14. The van der Waals surface area contributed by atoms with Crippen molar-refractivity contribution >= 4 is 5.91 Å². The minimum Gasteiger partial charge on any atom is -0.352 e. The molecule has 1 amide bonds. The third kappa shape index (κ3) is 5.73. The lowest BCUT2D eigenvalue weighted by molar-refractivity contribution is -0.120. The van der Waals surface area contributed by atoms with Crippen molar-refractivity contribution in [3.05, 3.63) is 71.5 Å². The van der Waals surface area contributed by atoms with E-state index in [0.29, 0.717) is 13.0 Å². The molecule has 2 heterocycles. The van der Waals surface area contributed by atoms with Gasteiger partial charge in [0, 0.05) is 13.1 Å². The summed E-state index contributed by atoms with van der Waals surface area (Å²) in [4.78, 5) is 14.9. The Labute approximate surface area is 177 Å². The molecular formula is C23H28N6O. The van der Waals surface area contributed by atoms with Crippen LogP contribution in [0.5, 0.6) is 0 Å². The Hall–Kier alpha value is -3.06. The van der Waals surface area contributed by atoms with Gasteiger partial charge in [-0.2, -0.15) is 0 Å². The highest BCUT2D eigenvalue weighted by molar-refractivity contribution is 5.78. The van der Waals surface area contributed by atoms with Gasteiger partial charge in [0.15, 0.2) is 0 Å². The van der Waals surface area contributed by atoms with Crippen LogP contribution in [0.4, 0.5) is 0 Å². The van der Waals surface area contributed by atoms with E-state index in [4.69, 9.17) is 0 Å². The summed E-state index contributed by atoms with van der Waals surface area (Å²) in [6.45, 7) is 3.97. The Morgan fingerprint density at radius 1 is 0.867 bits per heavy atom. The maximum atomic E-state index is 12.3. The fourth-order valence-electron chi connectivity index (χ4n) is 3.81. The molecule has 0 spiro atoms. The number of likely N-dealkylation sites (tertiary alicyclic amines) is 1. The van der Waals surface area contributed by atoms with Gasteiger partial charge in [0.25, 0.3) is 0 Å². The molecule has 1 aliphatic heterocycles. The first kappa shape index (κ1) is 20.2.